The quantitative estimate of drug-likeness (QED) is 0.373. The molecule has 0 aliphatic heterocycles. The lowest BCUT2D eigenvalue weighted by molar-refractivity contribution is 0.318. The van der Waals surface area contributed by atoms with E-state index in [9.17, 15) is 0 Å². The molecule has 0 amide bonds. The van der Waals surface area contributed by atoms with Crippen LogP contribution in [-0.2, 0) is 0 Å². The van der Waals surface area contributed by atoms with E-state index in [2.05, 4.69) is 37.9 Å². The summed E-state index contributed by atoms with van der Waals surface area (Å²) < 4.78 is 0. The SMILES string of the molecule is Cc1cc(/C(N)=N/O)ccc1N(C)C(C)C(C)C. The molecule has 0 aliphatic rings. The van der Waals surface area contributed by atoms with Crippen LogP contribution in [0.4, 0.5) is 5.69 Å². The molecular weight excluding hydrogens is 226 g/mol. The van der Waals surface area contributed by atoms with Crippen molar-refractivity contribution < 1.29 is 5.21 Å². The first-order valence-corrected chi connectivity index (χ1v) is 6.19. The summed E-state index contributed by atoms with van der Waals surface area (Å²) in [5.74, 6) is 0.724. The fraction of sp³-hybridized carbons (Fsp3) is 0.500. The lowest BCUT2D eigenvalue weighted by Crippen LogP contribution is -2.33. The molecule has 1 unspecified atom stereocenters. The fourth-order valence-corrected chi connectivity index (χ4v) is 1.93. The van der Waals surface area contributed by atoms with E-state index in [4.69, 9.17) is 10.9 Å². The predicted octanol–water partition coefficient (Wildman–Crippen LogP) is 2.57. The number of amidine groups is 1. The largest absolute Gasteiger partial charge is 0.409 e. The van der Waals surface area contributed by atoms with Crippen molar-refractivity contribution in [3.63, 3.8) is 0 Å². The van der Waals surface area contributed by atoms with Gasteiger partial charge in [0, 0.05) is 24.3 Å². The second-order valence-electron chi connectivity index (χ2n) is 5.08. The van der Waals surface area contributed by atoms with Gasteiger partial charge in [-0.1, -0.05) is 19.0 Å². The molecule has 0 saturated heterocycles. The number of oxime groups is 1. The Kier molecular flexibility index (Phi) is 4.59. The van der Waals surface area contributed by atoms with Gasteiger partial charge in [-0.3, -0.25) is 0 Å². The maximum Gasteiger partial charge on any atom is 0.170 e. The summed E-state index contributed by atoms with van der Waals surface area (Å²) in [6, 6.07) is 6.29. The average Bonchev–Trinajstić information content (AvgIpc) is 2.35. The molecule has 0 spiro atoms. The number of benzene rings is 1. The molecular formula is C14H23N3O. The topological polar surface area (TPSA) is 61.9 Å². The highest BCUT2D eigenvalue weighted by molar-refractivity contribution is 5.97. The van der Waals surface area contributed by atoms with Crippen LogP contribution < -0.4 is 10.6 Å². The van der Waals surface area contributed by atoms with Crippen molar-refractivity contribution >= 4 is 11.5 Å². The molecule has 4 heteroatoms. The van der Waals surface area contributed by atoms with E-state index in [0.29, 0.717) is 12.0 Å². The summed E-state index contributed by atoms with van der Waals surface area (Å²) in [5, 5.41) is 11.7. The first kappa shape index (κ1) is 14.4. The van der Waals surface area contributed by atoms with Crippen LogP contribution in [-0.4, -0.2) is 24.1 Å². The summed E-state index contributed by atoms with van der Waals surface area (Å²) in [6.07, 6.45) is 0. The van der Waals surface area contributed by atoms with Crippen molar-refractivity contribution in [1.82, 2.24) is 0 Å². The van der Waals surface area contributed by atoms with Crippen LogP contribution in [0.3, 0.4) is 0 Å². The zero-order valence-electron chi connectivity index (χ0n) is 11.8. The minimum atomic E-state index is 0.143. The highest BCUT2D eigenvalue weighted by Crippen LogP contribution is 2.24. The summed E-state index contributed by atoms with van der Waals surface area (Å²) in [5.41, 5.74) is 8.62. The van der Waals surface area contributed by atoms with E-state index < -0.39 is 0 Å². The molecule has 1 rings (SSSR count). The van der Waals surface area contributed by atoms with Gasteiger partial charge in [-0.25, -0.2) is 0 Å². The third kappa shape index (κ3) is 2.94. The lowest BCUT2D eigenvalue weighted by atomic mass is 10.0. The molecule has 0 saturated carbocycles. The van der Waals surface area contributed by atoms with Gasteiger partial charge in [0.05, 0.1) is 0 Å². The van der Waals surface area contributed by atoms with E-state index in [-0.39, 0.29) is 5.84 Å². The summed E-state index contributed by atoms with van der Waals surface area (Å²) in [4.78, 5) is 2.26. The van der Waals surface area contributed by atoms with Crippen LogP contribution in [0, 0.1) is 12.8 Å². The smallest absolute Gasteiger partial charge is 0.170 e. The minimum absolute atomic E-state index is 0.143. The van der Waals surface area contributed by atoms with Gasteiger partial charge in [-0.05, 0) is 43.5 Å². The maximum absolute atomic E-state index is 8.67. The van der Waals surface area contributed by atoms with Gasteiger partial charge >= 0.3 is 0 Å². The molecule has 0 heterocycles. The minimum Gasteiger partial charge on any atom is -0.409 e. The molecule has 0 bridgehead atoms. The molecule has 0 radical (unpaired) electrons. The number of rotatable bonds is 4. The molecule has 0 fully saturated rings. The second kappa shape index (κ2) is 5.76. The van der Waals surface area contributed by atoms with Crippen molar-refractivity contribution in [2.75, 3.05) is 11.9 Å². The van der Waals surface area contributed by atoms with E-state index in [1.807, 2.05) is 25.1 Å². The monoisotopic (exact) mass is 249 g/mol. The molecule has 0 aromatic heterocycles. The Morgan fingerprint density at radius 3 is 2.39 bits per heavy atom. The number of anilines is 1. The standard InChI is InChI=1S/C14H23N3O/c1-9(2)11(4)17(5)13-7-6-12(8-10(13)3)14(15)16-18/h6-9,11,18H,1-5H3,(H2,15,16). The number of nitrogens with zero attached hydrogens (tertiary/aromatic N) is 2. The van der Waals surface area contributed by atoms with Gasteiger partial charge in [0.2, 0.25) is 0 Å². The van der Waals surface area contributed by atoms with Crippen LogP contribution in [0.1, 0.15) is 31.9 Å². The Balaban J connectivity index is 3.06. The zero-order valence-corrected chi connectivity index (χ0v) is 11.8. The molecule has 1 aromatic rings. The molecule has 1 aromatic carbocycles. The molecule has 3 N–H and O–H groups in total. The lowest BCUT2D eigenvalue weighted by Gasteiger charge is -2.31. The van der Waals surface area contributed by atoms with Gasteiger partial charge in [-0.2, -0.15) is 0 Å². The van der Waals surface area contributed by atoms with Crippen LogP contribution in [0.2, 0.25) is 0 Å². The number of hydrogen-bond acceptors (Lipinski definition) is 3. The van der Waals surface area contributed by atoms with Crippen molar-refractivity contribution in [1.29, 1.82) is 0 Å². The normalized spacial score (nSPS) is 13.8. The van der Waals surface area contributed by atoms with Gasteiger partial charge < -0.3 is 15.8 Å². The Hall–Kier alpha value is -1.71. The summed E-state index contributed by atoms with van der Waals surface area (Å²) >= 11 is 0. The van der Waals surface area contributed by atoms with E-state index in [0.717, 1.165) is 11.1 Å². The third-order valence-corrected chi connectivity index (χ3v) is 3.56. The highest BCUT2D eigenvalue weighted by atomic mass is 16.4. The average molecular weight is 249 g/mol. The van der Waals surface area contributed by atoms with E-state index in [1.165, 1.54) is 5.69 Å². The van der Waals surface area contributed by atoms with Crippen LogP contribution in [0.15, 0.2) is 23.4 Å². The molecule has 1 atom stereocenters. The van der Waals surface area contributed by atoms with Crippen molar-refractivity contribution in [3.8, 4) is 0 Å². The Labute approximate surface area is 109 Å². The zero-order chi connectivity index (χ0) is 13.9. The van der Waals surface area contributed by atoms with E-state index >= 15 is 0 Å². The van der Waals surface area contributed by atoms with Gasteiger partial charge in [0.15, 0.2) is 5.84 Å². The Bertz CT molecular complexity index is 441. The van der Waals surface area contributed by atoms with Gasteiger partial charge in [0.25, 0.3) is 0 Å². The summed E-state index contributed by atoms with van der Waals surface area (Å²) in [6.45, 7) is 8.66. The third-order valence-electron chi connectivity index (χ3n) is 3.56. The van der Waals surface area contributed by atoms with Gasteiger partial charge in [-0.15, -0.1) is 0 Å². The number of hydrogen-bond donors (Lipinski definition) is 2. The molecule has 0 aliphatic carbocycles. The summed E-state index contributed by atoms with van der Waals surface area (Å²) in [7, 11) is 2.09. The predicted molar refractivity (Wildman–Crippen MR) is 76.4 cm³/mol. The molecule has 100 valence electrons. The van der Waals surface area contributed by atoms with Crippen molar-refractivity contribution in [2.45, 2.75) is 33.7 Å². The van der Waals surface area contributed by atoms with Crippen LogP contribution in [0.5, 0.6) is 0 Å². The van der Waals surface area contributed by atoms with E-state index in [1.54, 1.807) is 0 Å². The van der Waals surface area contributed by atoms with Crippen LogP contribution in [0.25, 0.3) is 0 Å². The van der Waals surface area contributed by atoms with Crippen molar-refractivity contribution in [3.05, 3.63) is 29.3 Å². The first-order chi connectivity index (χ1) is 8.38. The first-order valence-electron chi connectivity index (χ1n) is 6.19. The highest BCUT2D eigenvalue weighted by Gasteiger charge is 2.15. The van der Waals surface area contributed by atoms with Gasteiger partial charge in [0.1, 0.15) is 0 Å². The Morgan fingerprint density at radius 1 is 1.33 bits per heavy atom. The molecule has 18 heavy (non-hydrogen) atoms. The maximum atomic E-state index is 8.67. The number of nitrogens with two attached hydrogens (primary N) is 1. The van der Waals surface area contributed by atoms with Crippen LogP contribution >= 0.6 is 0 Å². The number of aryl methyl sites for hydroxylation is 1. The fourth-order valence-electron chi connectivity index (χ4n) is 1.93. The van der Waals surface area contributed by atoms with Crippen molar-refractivity contribution in [2.24, 2.45) is 16.8 Å². The molecule has 4 nitrogen and oxygen atoms in total. The second-order valence-corrected chi connectivity index (χ2v) is 5.08. The Morgan fingerprint density at radius 2 is 1.94 bits per heavy atom.